The average molecular weight is 383 g/mol. The van der Waals surface area contributed by atoms with E-state index in [2.05, 4.69) is 4.98 Å². The van der Waals surface area contributed by atoms with E-state index < -0.39 is 11.7 Å². The number of hydrogen-bond donors (Lipinski definition) is 0. The summed E-state index contributed by atoms with van der Waals surface area (Å²) in [6, 6.07) is 4.89. The van der Waals surface area contributed by atoms with E-state index in [-0.39, 0.29) is 18.5 Å². The molecule has 8 heteroatoms. The van der Waals surface area contributed by atoms with Crippen molar-refractivity contribution in [3.05, 3.63) is 40.4 Å². The third-order valence-electron chi connectivity index (χ3n) is 4.92. The Bertz CT molecular complexity index is 821. The molecule has 1 aromatic carbocycles. The average Bonchev–Trinajstić information content (AvgIpc) is 2.93. The van der Waals surface area contributed by atoms with Crippen LogP contribution in [0, 0.1) is 24.7 Å². The van der Waals surface area contributed by atoms with Crippen molar-refractivity contribution in [2.45, 2.75) is 19.7 Å². The highest BCUT2D eigenvalue weighted by atomic mass is 32.1. The van der Waals surface area contributed by atoms with Crippen LogP contribution in [0.1, 0.15) is 16.1 Å². The molecule has 1 aliphatic carbocycles. The van der Waals surface area contributed by atoms with Crippen molar-refractivity contribution in [1.29, 1.82) is 0 Å². The fourth-order valence-electron chi connectivity index (χ4n) is 3.31. The molecule has 0 spiro atoms. The molecular formula is C18H16F3NO3S. The number of halogens is 3. The normalized spacial score (nSPS) is 24.4. The van der Waals surface area contributed by atoms with Gasteiger partial charge in [-0.1, -0.05) is 12.1 Å². The number of rotatable bonds is 4. The number of fused-ring (bicyclic) bond motifs is 1. The summed E-state index contributed by atoms with van der Waals surface area (Å²) >= 11 is 1.33. The van der Waals surface area contributed by atoms with Crippen molar-refractivity contribution in [1.82, 2.24) is 4.98 Å². The van der Waals surface area contributed by atoms with Crippen LogP contribution in [0.4, 0.5) is 13.2 Å². The van der Waals surface area contributed by atoms with Gasteiger partial charge in [0.2, 0.25) is 0 Å². The SMILES string of the molecule is Cc1nc(-c2ccc(C(F)(F)F)cc2)sc1COC(=O)C1[C@H]2COC[C@@H]12. The Hall–Kier alpha value is -1.93. The Morgan fingerprint density at radius 1 is 1.27 bits per heavy atom. The standard InChI is InChI=1S/C18H16F3NO3S/c1-9-14(8-25-17(23)15-12-6-24-7-13(12)15)26-16(22-9)10-2-4-11(5-3-10)18(19,20)21/h2-5,12-13,15H,6-8H2,1H3/t12-,13+,15?. The lowest BCUT2D eigenvalue weighted by Crippen LogP contribution is -2.13. The van der Waals surface area contributed by atoms with Crippen LogP contribution in [0.2, 0.25) is 0 Å². The number of hydrogen-bond acceptors (Lipinski definition) is 5. The molecule has 3 atom stereocenters. The quantitative estimate of drug-likeness (QED) is 0.747. The van der Waals surface area contributed by atoms with Gasteiger partial charge >= 0.3 is 12.1 Å². The van der Waals surface area contributed by atoms with Crippen molar-refractivity contribution in [2.75, 3.05) is 13.2 Å². The first-order chi connectivity index (χ1) is 12.3. The predicted octanol–water partition coefficient (Wildman–Crippen LogP) is 4.07. The summed E-state index contributed by atoms with van der Waals surface area (Å²) in [5, 5.41) is 0.610. The number of alkyl halides is 3. The first-order valence-corrected chi connectivity index (χ1v) is 9.04. The molecule has 2 heterocycles. The lowest BCUT2D eigenvalue weighted by Gasteiger charge is -2.06. The van der Waals surface area contributed by atoms with Gasteiger partial charge in [-0.3, -0.25) is 4.79 Å². The van der Waals surface area contributed by atoms with E-state index in [1.807, 2.05) is 0 Å². The van der Waals surface area contributed by atoms with Gasteiger partial charge in [-0.25, -0.2) is 4.98 Å². The highest BCUT2D eigenvalue weighted by Gasteiger charge is 2.59. The highest BCUT2D eigenvalue weighted by Crippen LogP contribution is 2.51. The zero-order chi connectivity index (χ0) is 18.5. The molecule has 4 rings (SSSR count). The molecule has 1 aliphatic heterocycles. The van der Waals surface area contributed by atoms with Crippen LogP contribution in [0.15, 0.2) is 24.3 Å². The largest absolute Gasteiger partial charge is 0.460 e. The van der Waals surface area contributed by atoms with Crippen LogP contribution in [-0.4, -0.2) is 24.2 Å². The zero-order valence-corrected chi connectivity index (χ0v) is 14.7. The molecule has 1 saturated heterocycles. The first-order valence-electron chi connectivity index (χ1n) is 8.23. The van der Waals surface area contributed by atoms with Crippen LogP contribution in [0.3, 0.4) is 0 Å². The Labute approximate surface area is 152 Å². The number of benzene rings is 1. The second-order valence-electron chi connectivity index (χ2n) is 6.60. The third-order valence-corrected chi connectivity index (χ3v) is 6.10. The fourth-order valence-corrected chi connectivity index (χ4v) is 4.29. The van der Waals surface area contributed by atoms with Crippen LogP contribution < -0.4 is 0 Å². The number of esters is 1. The maximum absolute atomic E-state index is 12.7. The summed E-state index contributed by atoms with van der Waals surface area (Å²) in [6.07, 6.45) is -4.36. The van der Waals surface area contributed by atoms with Gasteiger partial charge in [-0.15, -0.1) is 11.3 Å². The van der Waals surface area contributed by atoms with E-state index in [0.717, 1.165) is 22.7 Å². The van der Waals surface area contributed by atoms with Gasteiger partial charge in [0.1, 0.15) is 11.6 Å². The van der Waals surface area contributed by atoms with Crippen molar-refractivity contribution >= 4 is 17.3 Å². The van der Waals surface area contributed by atoms with E-state index in [0.29, 0.717) is 35.6 Å². The zero-order valence-electron chi connectivity index (χ0n) is 13.9. The monoisotopic (exact) mass is 383 g/mol. The second-order valence-corrected chi connectivity index (χ2v) is 7.68. The molecule has 2 aliphatic rings. The minimum absolute atomic E-state index is 0.0497. The molecule has 2 aromatic rings. The van der Waals surface area contributed by atoms with Gasteiger partial charge in [0.15, 0.2) is 0 Å². The van der Waals surface area contributed by atoms with Crippen LogP contribution in [-0.2, 0) is 27.1 Å². The Balaban J connectivity index is 1.41. The van der Waals surface area contributed by atoms with Crippen molar-refractivity contribution < 1.29 is 27.4 Å². The number of nitrogens with zero attached hydrogens (tertiary/aromatic N) is 1. The molecule has 0 radical (unpaired) electrons. The molecule has 0 amide bonds. The molecule has 1 saturated carbocycles. The van der Waals surface area contributed by atoms with E-state index in [1.54, 1.807) is 6.92 Å². The summed E-state index contributed by atoms with van der Waals surface area (Å²) in [4.78, 5) is 17.3. The fraction of sp³-hybridized carbons (Fsp3) is 0.444. The van der Waals surface area contributed by atoms with E-state index in [4.69, 9.17) is 9.47 Å². The predicted molar refractivity (Wildman–Crippen MR) is 88.4 cm³/mol. The molecule has 26 heavy (non-hydrogen) atoms. The Morgan fingerprint density at radius 3 is 2.54 bits per heavy atom. The maximum Gasteiger partial charge on any atom is 0.416 e. The maximum atomic E-state index is 12.7. The van der Waals surface area contributed by atoms with Crippen LogP contribution >= 0.6 is 11.3 Å². The number of thiazole rings is 1. The van der Waals surface area contributed by atoms with Gasteiger partial charge in [-0.2, -0.15) is 13.2 Å². The van der Waals surface area contributed by atoms with Crippen molar-refractivity contribution in [3.63, 3.8) is 0 Å². The van der Waals surface area contributed by atoms with Gasteiger partial charge in [0.25, 0.3) is 0 Å². The highest BCUT2D eigenvalue weighted by molar-refractivity contribution is 7.15. The van der Waals surface area contributed by atoms with E-state index >= 15 is 0 Å². The summed E-state index contributed by atoms with van der Waals surface area (Å²) in [6.45, 7) is 3.19. The number of aromatic nitrogens is 1. The molecule has 4 nitrogen and oxygen atoms in total. The summed E-state index contributed by atoms with van der Waals surface area (Å²) < 4.78 is 48.6. The van der Waals surface area contributed by atoms with Gasteiger partial charge in [-0.05, 0) is 19.1 Å². The summed E-state index contributed by atoms with van der Waals surface area (Å²) in [5.74, 6) is 0.346. The van der Waals surface area contributed by atoms with E-state index in [9.17, 15) is 18.0 Å². The topological polar surface area (TPSA) is 48.4 Å². The van der Waals surface area contributed by atoms with Crippen LogP contribution in [0.25, 0.3) is 10.6 Å². The molecule has 2 fully saturated rings. The van der Waals surface area contributed by atoms with Gasteiger partial charge in [0.05, 0.1) is 35.3 Å². The summed E-state index contributed by atoms with van der Waals surface area (Å²) in [5.41, 5.74) is 0.636. The van der Waals surface area contributed by atoms with Gasteiger partial charge in [0, 0.05) is 17.4 Å². The number of carbonyl (C=O) groups excluding carboxylic acids is 1. The molecule has 1 aromatic heterocycles. The minimum Gasteiger partial charge on any atom is -0.460 e. The van der Waals surface area contributed by atoms with Crippen molar-refractivity contribution in [3.8, 4) is 10.6 Å². The van der Waals surface area contributed by atoms with Gasteiger partial charge < -0.3 is 9.47 Å². The lowest BCUT2D eigenvalue weighted by molar-refractivity contribution is -0.148. The number of ether oxygens (including phenoxy) is 2. The third kappa shape index (κ3) is 3.23. The van der Waals surface area contributed by atoms with E-state index in [1.165, 1.54) is 23.5 Å². The molecule has 0 bridgehead atoms. The minimum atomic E-state index is -4.36. The Kier molecular flexibility index (Phi) is 4.27. The first kappa shape index (κ1) is 17.5. The van der Waals surface area contributed by atoms with Crippen molar-refractivity contribution in [2.24, 2.45) is 17.8 Å². The molecule has 1 unspecified atom stereocenters. The Morgan fingerprint density at radius 2 is 1.92 bits per heavy atom. The number of carbonyl (C=O) groups is 1. The molecular weight excluding hydrogens is 367 g/mol. The van der Waals surface area contributed by atoms with Crippen LogP contribution in [0.5, 0.6) is 0 Å². The number of aryl methyl sites for hydroxylation is 1. The second kappa shape index (κ2) is 6.35. The molecule has 138 valence electrons. The molecule has 0 N–H and O–H groups in total. The smallest absolute Gasteiger partial charge is 0.416 e. The summed E-state index contributed by atoms with van der Waals surface area (Å²) in [7, 11) is 0. The lowest BCUT2D eigenvalue weighted by atomic mass is 10.1.